The number of non-ortho nitro benzene ring substituents is 3. The quantitative estimate of drug-likeness (QED) is 0.434. The fourth-order valence-electron chi connectivity index (χ4n) is 1.92. The molecule has 2 aromatic rings. The zero-order chi connectivity index (χ0) is 20.1. The highest BCUT2D eigenvalue weighted by Crippen LogP contribution is 2.23. The summed E-state index contributed by atoms with van der Waals surface area (Å²) in [6.45, 7) is 0. The summed E-state index contributed by atoms with van der Waals surface area (Å²) in [7, 11) is 0. The van der Waals surface area contributed by atoms with Gasteiger partial charge in [-0.2, -0.15) is 5.10 Å². The van der Waals surface area contributed by atoms with Gasteiger partial charge in [-0.25, -0.2) is 5.43 Å². The van der Waals surface area contributed by atoms with Crippen LogP contribution < -0.4 is 5.43 Å². The Morgan fingerprint density at radius 3 is 2.00 bits per heavy atom. The number of benzene rings is 2. The molecule has 27 heavy (non-hydrogen) atoms. The molecular formula is C14H9N5O8. The topological polar surface area (TPSA) is 191 Å². The predicted octanol–water partition coefficient (Wildman–Crippen LogP) is 1.88. The number of nitro groups is 3. The van der Waals surface area contributed by atoms with E-state index >= 15 is 0 Å². The minimum Gasteiger partial charge on any atom is -0.507 e. The summed E-state index contributed by atoms with van der Waals surface area (Å²) in [6.07, 6.45) is 0.909. The average Bonchev–Trinajstić information content (AvgIpc) is 2.62. The molecule has 0 aliphatic carbocycles. The van der Waals surface area contributed by atoms with E-state index < -0.39 is 37.6 Å². The van der Waals surface area contributed by atoms with Crippen molar-refractivity contribution in [2.45, 2.75) is 0 Å². The Labute approximate surface area is 149 Å². The van der Waals surface area contributed by atoms with Gasteiger partial charge in [0.2, 0.25) is 0 Å². The van der Waals surface area contributed by atoms with Crippen LogP contribution in [0.4, 0.5) is 17.1 Å². The van der Waals surface area contributed by atoms with E-state index in [1.165, 1.54) is 0 Å². The molecule has 138 valence electrons. The number of hydrazone groups is 1. The summed E-state index contributed by atoms with van der Waals surface area (Å²) < 4.78 is 0. The normalized spacial score (nSPS) is 10.5. The number of hydrogen-bond acceptors (Lipinski definition) is 9. The molecular weight excluding hydrogens is 366 g/mol. The molecule has 13 nitrogen and oxygen atoms in total. The van der Waals surface area contributed by atoms with E-state index in [0.29, 0.717) is 6.07 Å². The third-order valence-corrected chi connectivity index (χ3v) is 3.18. The molecule has 0 aliphatic heterocycles. The Morgan fingerprint density at radius 2 is 1.48 bits per heavy atom. The lowest BCUT2D eigenvalue weighted by Crippen LogP contribution is -2.18. The first-order valence-electron chi connectivity index (χ1n) is 6.93. The monoisotopic (exact) mass is 375 g/mol. The number of amides is 1. The minimum absolute atomic E-state index is 0.0745. The Kier molecular flexibility index (Phi) is 5.35. The number of nitrogens with zero attached hydrogens (tertiary/aromatic N) is 4. The van der Waals surface area contributed by atoms with Crippen molar-refractivity contribution in [3.8, 4) is 5.75 Å². The average molecular weight is 375 g/mol. The zero-order valence-electron chi connectivity index (χ0n) is 13.1. The first-order chi connectivity index (χ1) is 12.7. The summed E-state index contributed by atoms with van der Waals surface area (Å²) in [5, 5.41) is 45.4. The van der Waals surface area contributed by atoms with Crippen molar-refractivity contribution in [1.82, 2.24) is 5.43 Å². The molecule has 0 atom stereocenters. The third kappa shape index (κ3) is 4.56. The van der Waals surface area contributed by atoms with Crippen LogP contribution in [-0.4, -0.2) is 32.0 Å². The number of rotatable bonds is 6. The summed E-state index contributed by atoms with van der Waals surface area (Å²) in [4.78, 5) is 41.8. The molecule has 0 unspecified atom stereocenters. The Hall–Kier alpha value is -4.42. The summed E-state index contributed by atoms with van der Waals surface area (Å²) in [6, 6.07) is 5.47. The second-order valence-corrected chi connectivity index (χ2v) is 4.95. The Balaban J connectivity index is 2.24. The summed E-state index contributed by atoms with van der Waals surface area (Å²) in [5.74, 6) is -1.34. The second-order valence-electron chi connectivity index (χ2n) is 4.95. The van der Waals surface area contributed by atoms with Crippen molar-refractivity contribution in [2.24, 2.45) is 5.10 Å². The highest BCUT2D eigenvalue weighted by Gasteiger charge is 2.19. The lowest BCUT2D eigenvalue weighted by molar-refractivity contribution is -0.394. The van der Waals surface area contributed by atoms with Gasteiger partial charge in [0, 0.05) is 29.8 Å². The van der Waals surface area contributed by atoms with Gasteiger partial charge in [0.05, 0.1) is 32.6 Å². The molecule has 0 spiro atoms. The van der Waals surface area contributed by atoms with Crippen LogP contribution in [-0.2, 0) is 0 Å². The van der Waals surface area contributed by atoms with Gasteiger partial charge in [-0.15, -0.1) is 0 Å². The number of carbonyl (C=O) groups excluding carboxylic acids is 1. The van der Waals surface area contributed by atoms with Crippen molar-refractivity contribution in [1.29, 1.82) is 0 Å². The van der Waals surface area contributed by atoms with Crippen LogP contribution in [0, 0.1) is 30.3 Å². The van der Waals surface area contributed by atoms with Crippen LogP contribution in [0.15, 0.2) is 41.5 Å². The minimum atomic E-state index is -0.997. The van der Waals surface area contributed by atoms with E-state index in [1.54, 1.807) is 0 Å². The number of aromatic hydroxyl groups is 1. The molecule has 2 rings (SSSR count). The molecule has 1 amide bonds. The Bertz CT molecular complexity index is 955. The van der Waals surface area contributed by atoms with Gasteiger partial charge in [0.25, 0.3) is 23.0 Å². The van der Waals surface area contributed by atoms with E-state index in [1.807, 2.05) is 5.43 Å². The van der Waals surface area contributed by atoms with Crippen molar-refractivity contribution in [3.05, 3.63) is 77.9 Å². The molecule has 0 saturated heterocycles. The molecule has 2 aromatic carbocycles. The first-order valence-corrected chi connectivity index (χ1v) is 6.93. The van der Waals surface area contributed by atoms with Crippen molar-refractivity contribution >= 4 is 29.2 Å². The zero-order valence-corrected chi connectivity index (χ0v) is 13.1. The van der Waals surface area contributed by atoms with Gasteiger partial charge in [-0.1, -0.05) is 0 Å². The van der Waals surface area contributed by atoms with Crippen LogP contribution in [0.25, 0.3) is 0 Å². The van der Waals surface area contributed by atoms with Gasteiger partial charge in [0.1, 0.15) is 5.75 Å². The van der Waals surface area contributed by atoms with Gasteiger partial charge in [-0.05, 0) is 6.07 Å². The van der Waals surface area contributed by atoms with Gasteiger partial charge < -0.3 is 5.11 Å². The van der Waals surface area contributed by atoms with Gasteiger partial charge >= 0.3 is 0 Å². The Morgan fingerprint density at radius 1 is 0.926 bits per heavy atom. The maximum atomic E-state index is 12.0. The van der Waals surface area contributed by atoms with Crippen molar-refractivity contribution in [2.75, 3.05) is 0 Å². The first kappa shape index (κ1) is 18.9. The second kappa shape index (κ2) is 7.64. The van der Waals surface area contributed by atoms with Crippen LogP contribution >= 0.6 is 0 Å². The molecule has 2 N–H and O–H groups in total. The molecule has 0 bridgehead atoms. The van der Waals surface area contributed by atoms with Crippen LogP contribution in [0.5, 0.6) is 5.75 Å². The van der Waals surface area contributed by atoms with Crippen LogP contribution in [0.2, 0.25) is 0 Å². The summed E-state index contributed by atoms with van der Waals surface area (Å²) >= 11 is 0. The van der Waals surface area contributed by atoms with E-state index in [0.717, 1.165) is 36.5 Å². The SMILES string of the molecule is O=C(NN=Cc1cc([N+](=O)[O-])ccc1O)c1cc([N+](=O)[O-])cc([N+](=O)[O-])c1. The summed E-state index contributed by atoms with van der Waals surface area (Å²) in [5.41, 5.74) is -0.146. The maximum Gasteiger partial charge on any atom is 0.277 e. The predicted molar refractivity (Wildman–Crippen MR) is 89.6 cm³/mol. The maximum absolute atomic E-state index is 12.0. The molecule has 0 heterocycles. The van der Waals surface area contributed by atoms with E-state index in [-0.39, 0.29) is 17.0 Å². The number of phenols is 1. The number of nitrogens with one attached hydrogen (secondary N) is 1. The fourth-order valence-corrected chi connectivity index (χ4v) is 1.92. The number of nitro benzene ring substituents is 3. The highest BCUT2D eigenvalue weighted by molar-refractivity contribution is 5.96. The fraction of sp³-hybridized carbons (Fsp3) is 0. The third-order valence-electron chi connectivity index (χ3n) is 3.18. The molecule has 0 aliphatic rings. The molecule has 0 saturated carbocycles. The van der Waals surface area contributed by atoms with Crippen LogP contribution in [0.1, 0.15) is 15.9 Å². The smallest absolute Gasteiger partial charge is 0.277 e. The molecule has 0 radical (unpaired) electrons. The van der Waals surface area contributed by atoms with Crippen LogP contribution in [0.3, 0.4) is 0 Å². The highest BCUT2D eigenvalue weighted by atomic mass is 16.6. The van der Waals surface area contributed by atoms with E-state index in [9.17, 15) is 40.2 Å². The largest absolute Gasteiger partial charge is 0.507 e. The van der Waals surface area contributed by atoms with Crippen molar-refractivity contribution < 1.29 is 24.7 Å². The number of carbonyl (C=O) groups is 1. The number of hydrogen-bond donors (Lipinski definition) is 2. The van der Waals surface area contributed by atoms with Gasteiger partial charge in [-0.3, -0.25) is 35.1 Å². The number of phenolic OH excluding ortho intramolecular Hbond substituents is 1. The van der Waals surface area contributed by atoms with E-state index in [2.05, 4.69) is 5.10 Å². The van der Waals surface area contributed by atoms with Crippen molar-refractivity contribution in [3.63, 3.8) is 0 Å². The molecule has 0 fully saturated rings. The standard InChI is InChI=1S/C14H9N5O8/c20-13-2-1-10(17(22)23)5-9(13)7-15-16-14(21)8-3-11(18(24)25)6-12(4-8)19(26)27/h1-7,20H,(H,16,21). The van der Waals surface area contributed by atoms with E-state index in [4.69, 9.17) is 0 Å². The lowest BCUT2D eigenvalue weighted by Gasteiger charge is -2.02. The molecule has 13 heteroatoms. The molecule has 0 aromatic heterocycles. The van der Waals surface area contributed by atoms with Gasteiger partial charge in [0.15, 0.2) is 0 Å². The lowest BCUT2D eigenvalue weighted by atomic mass is 10.1.